The van der Waals surface area contributed by atoms with Crippen LogP contribution >= 0.6 is 22.6 Å². The van der Waals surface area contributed by atoms with Gasteiger partial charge in [-0.15, -0.1) is 0 Å². The van der Waals surface area contributed by atoms with Crippen molar-refractivity contribution in [3.63, 3.8) is 0 Å². The standard InChI is InChI=1S/C15H18INO3/c1-2-20-15(19)11-6-8-17(9-7-11)14(18)12-4-3-5-13(16)10-12/h3-5,10-11H,2,6-9H2,1H3. The van der Waals surface area contributed by atoms with Crippen molar-refractivity contribution in [3.05, 3.63) is 33.4 Å². The molecule has 0 atom stereocenters. The lowest BCUT2D eigenvalue weighted by molar-refractivity contribution is -0.149. The van der Waals surface area contributed by atoms with E-state index >= 15 is 0 Å². The highest BCUT2D eigenvalue weighted by atomic mass is 127. The Morgan fingerprint density at radius 1 is 1.35 bits per heavy atom. The first-order valence-electron chi connectivity index (χ1n) is 6.83. The second kappa shape index (κ2) is 7.06. The molecule has 0 N–H and O–H groups in total. The van der Waals surface area contributed by atoms with Crippen LogP contribution < -0.4 is 0 Å². The van der Waals surface area contributed by atoms with Gasteiger partial charge in [0.1, 0.15) is 0 Å². The van der Waals surface area contributed by atoms with Gasteiger partial charge in [-0.3, -0.25) is 9.59 Å². The second-order valence-electron chi connectivity index (χ2n) is 4.83. The molecule has 1 heterocycles. The topological polar surface area (TPSA) is 46.6 Å². The molecular weight excluding hydrogens is 369 g/mol. The predicted octanol–water partition coefficient (Wildman–Crippen LogP) is 2.71. The molecule has 1 aromatic carbocycles. The highest BCUT2D eigenvalue weighted by molar-refractivity contribution is 14.1. The Morgan fingerprint density at radius 2 is 2.05 bits per heavy atom. The fourth-order valence-corrected chi connectivity index (χ4v) is 2.93. The van der Waals surface area contributed by atoms with Crippen LogP contribution in [0.1, 0.15) is 30.1 Å². The molecule has 0 bridgehead atoms. The molecule has 0 saturated carbocycles. The fraction of sp³-hybridized carbons (Fsp3) is 0.467. The first-order chi connectivity index (χ1) is 9.61. The van der Waals surface area contributed by atoms with Crippen LogP contribution in [0.2, 0.25) is 0 Å². The molecule has 0 spiro atoms. The quantitative estimate of drug-likeness (QED) is 0.592. The van der Waals surface area contributed by atoms with Gasteiger partial charge in [0.2, 0.25) is 0 Å². The SMILES string of the molecule is CCOC(=O)C1CCN(C(=O)c2cccc(I)c2)CC1. The van der Waals surface area contributed by atoms with Gasteiger partial charge in [0, 0.05) is 22.2 Å². The lowest BCUT2D eigenvalue weighted by atomic mass is 9.96. The summed E-state index contributed by atoms with van der Waals surface area (Å²) in [6, 6.07) is 7.58. The van der Waals surface area contributed by atoms with E-state index < -0.39 is 0 Å². The number of rotatable bonds is 3. The maximum absolute atomic E-state index is 12.4. The summed E-state index contributed by atoms with van der Waals surface area (Å²) in [6.07, 6.45) is 1.38. The number of likely N-dealkylation sites (tertiary alicyclic amines) is 1. The van der Waals surface area contributed by atoms with Crippen molar-refractivity contribution in [2.75, 3.05) is 19.7 Å². The molecule has 1 aliphatic rings. The Hall–Kier alpha value is -1.11. The minimum atomic E-state index is -0.131. The first kappa shape index (κ1) is 15.3. The number of esters is 1. The molecule has 0 radical (unpaired) electrons. The Balaban J connectivity index is 1.93. The summed E-state index contributed by atoms with van der Waals surface area (Å²) in [4.78, 5) is 25.8. The lowest BCUT2D eigenvalue weighted by Crippen LogP contribution is -2.40. The van der Waals surface area contributed by atoms with Crippen LogP contribution in [0.4, 0.5) is 0 Å². The van der Waals surface area contributed by atoms with Gasteiger partial charge in [-0.1, -0.05) is 6.07 Å². The Labute approximate surface area is 132 Å². The number of hydrogen-bond donors (Lipinski definition) is 0. The van der Waals surface area contributed by atoms with Crippen molar-refractivity contribution in [1.82, 2.24) is 4.90 Å². The van der Waals surface area contributed by atoms with E-state index in [2.05, 4.69) is 22.6 Å². The zero-order valence-corrected chi connectivity index (χ0v) is 13.6. The summed E-state index contributed by atoms with van der Waals surface area (Å²) in [5, 5.41) is 0. The average molecular weight is 387 g/mol. The van der Waals surface area contributed by atoms with Crippen molar-refractivity contribution < 1.29 is 14.3 Å². The van der Waals surface area contributed by atoms with E-state index in [1.54, 1.807) is 0 Å². The number of ether oxygens (including phenoxy) is 1. The zero-order valence-electron chi connectivity index (χ0n) is 11.5. The van der Waals surface area contributed by atoms with Crippen molar-refractivity contribution >= 4 is 34.5 Å². The normalized spacial score (nSPS) is 16.0. The summed E-state index contributed by atoms with van der Waals surface area (Å²) in [6.45, 7) is 3.47. The highest BCUT2D eigenvalue weighted by Crippen LogP contribution is 2.20. The predicted molar refractivity (Wildman–Crippen MR) is 84.4 cm³/mol. The third-order valence-electron chi connectivity index (χ3n) is 3.47. The molecule has 1 amide bonds. The van der Waals surface area contributed by atoms with Gasteiger partial charge in [-0.25, -0.2) is 0 Å². The molecule has 1 aromatic rings. The first-order valence-corrected chi connectivity index (χ1v) is 7.91. The smallest absolute Gasteiger partial charge is 0.309 e. The molecular formula is C15H18INO3. The van der Waals surface area contributed by atoms with Crippen molar-refractivity contribution in [1.29, 1.82) is 0 Å². The summed E-state index contributed by atoms with van der Waals surface area (Å²) in [5.74, 6) is -0.144. The minimum Gasteiger partial charge on any atom is -0.466 e. The van der Waals surface area contributed by atoms with E-state index in [0.29, 0.717) is 38.1 Å². The number of piperidine rings is 1. The third-order valence-corrected chi connectivity index (χ3v) is 4.14. The number of halogens is 1. The molecule has 2 rings (SSSR count). The largest absolute Gasteiger partial charge is 0.466 e. The summed E-state index contributed by atoms with van der Waals surface area (Å²) >= 11 is 2.20. The number of amides is 1. The van der Waals surface area contributed by atoms with Crippen LogP contribution in [0.15, 0.2) is 24.3 Å². The monoisotopic (exact) mass is 387 g/mol. The van der Waals surface area contributed by atoms with Crippen molar-refractivity contribution in [3.8, 4) is 0 Å². The summed E-state index contributed by atoms with van der Waals surface area (Å²) in [5.41, 5.74) is 0.714. The number of carbonyl (C=O) groups is 2. The Bertz CT molecular complexity index is 496. The van der Waals surface area contributed by atoms with Crippen LogP contribution in [0.25, 0.3) is 0 Å². The molecule has 0 aromatic heterocycles. The molecule has 108 valence electrons. The molecule has 1 aliphatic heterocycles. The number of hydrogen-bond acceptors (Lipinski definition) is 3. The van der Waals surface area contributed by atoms with Gasteiger partial charge in [0.25, 0.3) is 5.91 Å². The molecule has 0 unspecified atom stereocenters. The Morgan fingerprint density at radius 3 is 2.65 bits per heavy atom. The number of benzene rings is 1. The molecule has 4 nitrogen and oxygen atoms in total. The van der Waals surface area contributed by atoms with Crippen LogP contribution in [-0.4, -0.2) is 36.5 Å². The Kier molecular flexibility index (Phi) is 5.39. The molecule has 1 saturated heterocycles. The molecule has 0 aliphatic carbocycles. The van der Waals surface area contributed by atoms with E-state index in [1.165, 1.54) is 0 Å². The van der Waals surface area contributed by atoms with E-state index in [9.17, 15) is 9.59 Å². The maximum atomic E-state index is 12.4. The van der Waals surface area contributed by atoms with Crippen LogP contribution in [0, 0.1) is 9.49 Å². The van der Waals surface area contributed by atoms with Gasteiger partial charge in [0.05, 0.1) is 12.5 Å². The van der Waals surface area contributed by atoms with E-state index in [-0.39, 0.29) is 17.8 Å². The van der Waals surface area contributed by atoms with Crippen LogP contribution in [0.3, 0.4) is 0 Å². The fourth-order valence-electron chi connectivity index (χ4n) is 2.38. The third kappa shape index (κ3) is 3.71. The summed E-state index contributed by atoms with van der Waals surface area (Å²) in [7, 11) is 0. The van der Waals surface area contributed by atoms with Gasteiger partial charge in [-0.05, 0) is 60.6 Å². The maximum Gasteiger partial charge on any atom is 0.309 e. The van der Waals surface area contributed by atoms with Gasteiger partial charge in [0.15, 0.2) is 0 Å². The van der Waals surface area contributed by atoms with E-state index in [0.717, 1.165) is 3.57 Å². The molecule has 1 fully saturated rings. The van der Waals surface area contributed by atoms with E-state index in [4.69, 9.17) is 4.74 Å². The molecule has 20 heavy (non-hydrogen) atoms. The zero-order chi connectivity index (χ0) is 14.5. The minimum absolute atomic E-state index is 0.0471. The second-order valence-corrected chi connectivity index (χ2v) is 6.07. The van der Waals surface area contributed by atoms with Crippen LogP contribution in [0.5, 0.6) is 0 Å². The van der Waals surface area contributed by atoms with Crippen LogP contribution in [-0.2, 0) is 9.53 Å². The lowest BCUT2D eigenvalue weighted by Gasteiger charge is -2.31. The number of carbonyl (C=O) groups excluding carboxylic acids is 2. The van der Waals surface area contributed by atoms with E-state index in [1.807, 2.05) is 36.1 Å². The highest BCUT2D eigenvalue weighted by Gasteiger charge is 2.28. The average Bonchev–Trinajstić information content (AvgIpc) is 2.47. The molecule has 5 heteroatoms. The van der Waals surface area contributed by atoms with Crippen molar-refractivity contribution in [2.45, 2.75) is 19.8 Å². The van der Waals surface area contributed by atoms with Gasteiger partial charge >= 0.3 is 5.97 Å². The van der Waals surface area contributed by atoms with Gasteiger partial charge in [-0.2, -0.15) is 0 Å². The summed E-state index contributed by atoms with van der Waals surface area (Å²) < 4.78 is 6.08. The number of nitrogens with zero attached hydrogens (tertiary/aromatic N) is 1. The van der Waals surface area contributed by atoms with Crippen molar-refractivity contribution in [2.24, 2.45) is 5.92 Å². The van der Waals surface area contributed by atoms with Gasteiger partial charge < -0.3 is 9.64 Å².